The summed E-state index contributed by atoms with van der Waals surface area (Å²) in [5.41, 5.74) is 0.738. The summed E-state index contributed by atoms with van der Waals surface area (Å²) in [4.78, 5) is 11.7. The molecule has 0 aliphatic heterocycles. The van der Waals surface area contributed by atoms with Gasteiger partial charge in [-0.1, -0.05) is 6.07 Å². The van der Waals surface area contributed by atoms with Gasteiger partial charge >= 0.3 is 0 Å². The second-order valence-electron chi connectivity index (χ2n) is 5.68. The molecule has 0 bridgehead atoms. The molecule has 0 aliphatic rings. The van der Waals surface area contributed by atoms with E-state index in [1.807, 2.05) is 39.0 Å². The van der Waals surface area contributed by atoms with E-state index in [0.29, 0.717) is 31.1 Å². The third kappa shape index (κ3) is 6.49. The lowest BCUT2D eigenvalue weighted by Gasteiger charge is -2.19. The van der Waals surface area contributed by atoms with E-state index in [-0.39, 0.29) is 11.5 Å². The highest BCUT2D eigenvalue weighted by Gasteiger charge is 2.11. The summed E-state index contributed by atoms with van der Waals surface area (Å²) >= 11 is 0. The van der Waals surface area contributed by atoms with E-state index in [1.54, 1.807) is 14.2 Å². The first-order chi connectivity index (χ1) is 9.85. The van der Waals surface area contributed by atoms with Crippen molar-refractivity contribution in [2.75, 3.05) is 20.8 Å². The van der Waals surface area contributed by atoms with Crippen molar-refractivity contribution in [2.24, 2.45) is 0 Å². The maximum absolute atomic E-state index is 11.7. The first-order valence-electron chi connectivity index (χ1n) is 6.97. The van der Waals surface area contributed by atoms with Crippen molar-refractivity contribution in [1.29, 1.82) is 0 Å². The molecule has 0 fully saturated rings. The predicted octanol–water partition coefficient (Wildman–Crippen LogP) is 2.53. The highest BCUT2D eigenvalue weighted by Crippen LogP contribution is 2.27. The number of carbonyl (C=O) groups excluding carboxylic acids is 1. The summed E-state index contributed by atoms with van der Waals surface area (Å²) in [5.74, 6) is 1.29. The molecule has 0 atom stereocenters. The van der Waals surface area contributed by atoms with Crippen molar-refractivity contribution in [3.63, 3.8) is 0 Å². The predicted molar refractivity (Wildman–Crippen MR) is 81.7 cm³/mol. The van der Waals surface area contributed by atoms with Crippen LogP contribution in [0.4, 0.5) is 0 Å². The Balaban J connectivity index is 2.42. The smallest absolute Gasteiger partial charge is 0.222 e. The molecular formula is C16H25NO4. The van der Waals surface area contributed by atoms with Gasteiger partial charge < -0.3 is 19.5 Å². The highest BCUT2D eigenvalue weighted by molar-refractivity contribution is 5.76. The number of ether oxygens (including phenoxy) is 3. The fraction of sp³-hybridized carbons (Fsp3) is 0.562. The van der Waals surface area contributed by atoms with Crippen molar-refractivity contribution in [1.82, 2.24) is 5.32 Å². The number of benzene rings is 1. The van der Waals surface area contributed by atoms with Gasteiger partial charge in [0.1, 0.15) is 0 Å². The van der Waals surface area contributed by atoms with Crippen molar-refractivity contribution >= 4 is 5.91 Å². The van der Waals surface area contributed by atoms with E-state index in [2.05, 4.69) is 5.32 Å². The van der Waals surface area contributed by atoms with Crippen molar-refractivity contribution < 1.29 is 19.0 Å². The molecule has 1 amide bonds. The Morgan fingerprint density at radius 1 is 1.14 bits per heavy atom. The number of rotatable bonds is 7. The summed E-state index contributed by atoms with van der Waals surface area (Å²) in [6.07, 6.45) is 0.352. The minimum absolute atomic E-state index is 0.0333. The average molecular weight is 295 g/mol. The first-order valence-corrected chi connectivity index (χ1v) is 6.97. The minimum Gasteiger partial charge on any atom is -0.493 e. The molecule has 1 aromatic rings. The second-order valence-corrected chi connectivity index (χ2v) is 5.68. The molecule has 118 valence electrons. The van der Waals surface area contributed by atoms with Gasteiger partial charge in [0.25, 0.3) is 0 Å². The number of methoxy groups -OCH3 is 2. The van der Waals surface area contributed by atoms with Crippen LogP contribution in [0.5, 0.6) is 11.5 Å². The highest BCUT2D eigenvalue weighted by atomic mass is 16.5. The molecule has 1 N–H and O–H groups in total. The van der Waals surface area contributed by atoms with Crippen LogP contribution < -0.4 is 14.8 Å². The molecular weight excluding hydrogens is 270 g/mol. The maximum atomic E-state index is 11.7. The van der Waals surface area contributed by atoms with E-state index in [1.165, 1.54) is 0 Å². The van der Waals surface area contributed by atoms with Crippen LogP contribution >= 0.6 is 0 Å². The van der Waals surface area contributed by atoms with E-state index >= 15 is 0 Å². The molecule has 0 saturated heterocycles. The maximum Gasteiger partial charge on any atom is 0.222 e. The zero-order valence-electron chi connectivity index (χ0n) is 13.5. The average Bonchev–Trinajstić information content (AvgIpc) is 2.43. The summed E-state index contributed by atoms with van der Waals surface area (Å²) < 4.78 is 15.9. The number of nitrogens with one attached hydrogen (secondary N) is 1. The van der Waals surface area contributed by atoms with Crippen molar-refractivity contribution in [3.8, 4) is 11.5 Å². The summed E-state index contributed by atoms with van der Waals surface area (Å²) in [6, 6.07) is 5.57. The third-order valence-corrected chi connectivity index (χ3v) is 2.80. The van der Waals surface area contributed by atoms with Crippen molar-refractivity contribution in [2.45, 2.75) is 39.3 Å². The van der Waals surface area contributed by atoms with Gasteiger partial charge in [0.15, 0.2) is 11.5 Å². The molecule has 0 radical (unpaired) electrons. The molecule has 1 rings (SSSR count). The molecule has 5 heteroatoms. The SMILES string of the molecule is COc1ccc(CNC(=O)CCOC(C)(C)C)cc1OC. The Kier molecular flexibility index (Phi) is 6.49. The molecule has 21 heavy (non-hydrogen) atoms. The number of carbonyl (C=O) groups is 1. The quantitative estimate of drug-likeness (QED) is 0.840. The topological polar surface area (TPSA) is 56.8 Å². The monoisotopic (exact) mass is 295 g/mol. The fourth-order valence-corrected chi connectivity index (χ4v) is 1.73. The van der Waals surface area contributed by atoms with Crippen LogP contribution in [0.3, 0.4) is 0 Å². The van der Waals surface area contributed by atoms with Crippen LogP contribution in [-0.2, 0) is 16.1 Å². The van der Waals surface area contributed by atoms with Gasteiger partial charge in [-0.25, -0.2) is 0 Å². The van der Waals surface area contributed by atoms with Crippen LogP contribution in [0, 0.1) is 0 Å². The zero-order valence-corrected chi connectivity index (χ0v) is 13.5. The van der Waals surface area contributed by atoms with Gasteiger partial charge in [-0.15, -0.1) is 0 Å². The molecule has 0 saturated carbocycles. The Morgan fingerprint density at radius 3 is 2.38 bits per heavy atom. The molecule has 0 heterocycles. The van der Waals surface area contributed by atoms with Crippen LogP contribution in [0.1, 0.15) is 32.8 Å². The number of hydrogen-bond donors (Lipinski definition) is 1. The summed E-state index contributed by atoms with van der Waals surface area (Å²) in [7, 11) is 3.18. The Morgan fingerprint density at radius 2 is 1.81 bits per heavy atom. The Bertz CT molecular complexity index is 466. The van der Waals surface area contributed by atoms with E-state index in [0.717, 1.165) is 5.56 Å². The lowest BCUT2D eigenvalue weighted by atomic mass is 10.2. The van der Waals surface area contributed by atoms with Gasteiger partial charge in [0.2, 0.25) is 5.91 Å². The molecule has 0 aliphatic carbocycles. The van der Waals surface area contributed by atoms with Gasteiger partial charge in [-0.3, -0.25) is 4.79 Å². The summed E-state index contributed by atoms with van der Waals surface area (Å²) in [6.45, 7) is 6.77. The third-order valence-electron chi connectivity index (χ3n) is 2.80. The van der Waals surface area contributed by atoms with Crippen LogP contribution in [0.2, 0.25) is 0 Å². The normalized spacial score (nSPS) is 11.1. The number of amides is 1. The number of hydrogen-bond acceptors (Lipinski definition) is 4. The minimum atomic E-state index is -0.219. The van der Waals surface area contributed by atoms with Gasteiger partial charge in [-0.05, 0) is 38.5 Å². The van der Waals surface area contributed by atoms with Gasteiger partial charge in [0.05, 0.1) is 26.4 Å². The zero-order chi connectivity index (χ0) is 15.9. The first kappa shape index (κ1) is 17.3. The summed E-state index contributed by atoms with van der Waals surface area (Å²) in [5, 5.41) is 2.86. The Labute approximate surface area is 126 Å². The lowest BCUT2D eigenvalue weighted by molar-refractivity contribution is -0.123. The van der Waals surface area contributed by atoms with Crippen LogP contribution in [0.25, 0.3) is 0 Å². The molecule has 1 aromatic carbocycles. The van der Waals surface area contributed by atoms with E-state index < -0.39 is 0 Å². The van der Waals surface area contributed by atoms with Gasteiger partial charge in [0, 0.05) is 13.0 Å². The van der Waals surface area contributed by atoms with Crippen LogP contribution in [0.15, 0.2) is 18.2 Å². The second kappa shape index (κ2) is 7.88. The van der Waals surface area contributed by atoms with E-state index in [4.69, 9.17) is 14.2 Å². The molecule has 5 nitrogen and oxygen atoms in total. The molecule has 0 unspecified atom stereocenters. The van der Waals surface area contributed by atoms with Crippen LogP contribution in [-0.4, -0.2) is 32.3 Å². The largest absolute Gasteiger partial charge is 0.493 e. The lowest BCUT2D eigenvalue weighted by Crippen LogP contribution is -2.26. The van der Waals surface area contributed by atoms with Crippen molar-refractivity contribution in [3.05, 3.63) is 23.8 Å². The van der Waals surface area contributed by atoms with Gasteiger partial charge in [-0.2, -0.15) is 0 Å². The molecule has 0 spiro atoms. The fourth-order valence-electron chi connectivity index (χ4n) is 1.73. The standard InChI is InChI=1S/C16H25NO4/c1-16(2,3)21-9-8-15(18)17-11-12-6-7-13(19-4)14(10-12)20-5/h6-7,10H,8-9,11H2,1-5H3,(H,17,18). The van der Waals surface area contributed by atoms with E-state index in [9.17, 15) is 4.79 Å². The Hall–Kier alpha value is -1.75. The molecule has 0 aromatic heterocycles.